The Morgan fingerprint density at radius 1 is 1.06 bits per heavy atom. The van der Waals surface area contributed by atoms with Crippen molar-refractivity contribution in [2.24, 2.45) is 0 Å². The molecule has 2 N–H and O–H groups in total. The Morgan fingerprint density at radius 2 is 1.77 bits per heavy atom. The van der Waals surface area contributed by atoms with Crippen molar-refractivity contribution < 1.29 is 35.9 Å². The number of halogens is 6. The fourth-order valence-electron chi connectivity index (χ4n) is 2.24. The summed E-state index contributed by atoms with van der Waals surface area (Å²) in [5.74, 6) is -0.811. The number of hydrogen-bond donors (Lipinski definition) is 2. The van der Waals surface area contributed by atoms with E-state index in [4.69, 9.17) is 0 Å². The number of benzene rings is 1. The topological polar surface area (TPSA) is 89.0 Å². The quantitative estimate of drug-likeness (QED) is 0.504. The molecule has 0 fully saturated rings. The van der Waals surface area contributed by atoms with Crippen LogP contribution in [0.3, 0.4) is 0 Å². The number of nitrogens with one attached hydrogen (secondary N) is 2. The molecular formula is C18H19F6N5O2. The molecule has 31 heavy (non-hydrogen) atoms. The standard InChI is InChI=1S/C18H19F6N5O2/c1-2-3-7-13(30)9-25-14-27-15(29-16(28-14)31-10-17(19,20)21)26-12-6-4-5-11(8-12)18(22,23)24/h4-6,8H,2-3,7,9-10H2,1H3,(H2,25,26,27,28,29). The van der Waals surface area contributed by atoms with Crippen molar-refractivity contribution in [3.05, 3.63) is 29.8 Å². The van der Waals surface area contributed by atoms with E-state index < -0.39 is 30.5 Å². The van der Waals surface area contributed by atoms with Crippen molar-refractivity contribution in [3.63, 3.8) is 0 Å². The van der Waals surface area contributed by atoms with E-state index in [1.165, 1.54) is 6.07 Å². The van der Waals surface area contributed by atoms with Gasteiger partial charge in [0.1, 0.15) is 0 Å². The van der Waals surface area contributed by atoms with Crippen LogP contribution in [-0.2, 0) is 11.0 Å². The maximum absolute atomic E-state index is 12.9. The molecule has 0 bridgehead atoms. The first-order chi connectivity index (χ1) is 14.5. The van der Waals surface area contributed by atoms with Gasteiger partial charge in [-0.3, -0.25) is 4.79 Å². The number of ether oxygens (including phenoxy) is 1. The van der Waals surface area contributed by atoms with Gasteiger partial charge in [0.25, 0.3) is 0 Å². The van der Waals surface area contributed by atoms with Gasteiger partial charge in [-0.15, -0.1) is 0 Å². The first kappa shape index (κ1) is 24.2. The molecule has 1 aromatic heterocycles. The van der Waals surface area contributed by atoms with Crippen molar-refractivity contribution >= 4 is 23.4 Å². The summed E-state index contributed by atoms with van der Waals surface area (Å²) < 4.78 is 80.4. The summed E-state index contributed by atoms with van der Waals surface area (Å²) in [6.45, 7) is 0.0310. The number of ketones is 1. The Labute approximate surface area is 173 Å². The first-order valence-corrected chi connectivity index (χ1v) is 9.12. The normalized spacial score (nSPS) is 11.8. The number of anilines is 3. The van der Waals surface area contributed by atoms with Gasteiger partial charge >= 0.3 is 18.4 Å². The van der Waals surface area contributed by atoms with Crippen molar-refractivity contribution in [2.75, 3.05) is 23.8 Å². The van der Waals surface area contributed by atoms with Gasteiger partial charge in [0, 0.05) is 12.1 Å². The van der Waals surface area contributed by atoms with E-state index in [9.17, 15) is 31.1 Å². The highest BCUT2D eigenvalue weighted by molar-refractivity contribution is 5.82. The minimum absolute atomic E-state index is 0.0623. The summed E-state index contributed by atoms with van der Waals surface area (Å²) in [7, 11) is 0. The van der Waals surface area contributed by atoms with Gasteiger partial charge in [-0.25, -0.2) is 0 Å². The second-order valence-electron chi connectivity index (χ2n) is 6.37. The van der Waals surface area contributed by atoms with Crippen molar-refractivity contribution in [2.45, 2.75) is 38.5 Å². The average Bonchev–Trinajstić information content (AvgIpc) is 2.68. The fourth-order valence-corrected chi connectivity index (χ4v) is 2.24. The minimum Gasteiger partial charge on any atom is -0.454 e. The van der Waals surface area contributed by atoms with E-state index >= 15 is 0 Å². The monoisotopic (exact) mass is 451 g/mol. The lowest BCUT2D eigenvalue weighted by molar-refractivity contribution is -0.154. The Hall–Kier alpha value is -3.12. The smallest absolute Gasteiger partial charge is 0.422 e. The summed E-state index contributed by atoms with van der Waals surface area (Å²) in [5.41, 5.74) is -1.01. The number of rotatable bonds is 10. The fraction of sp³-hybridized carbons (Fsp3) is 0.444. The highest BCUT2D eigenvalue weighted by Crippen LogP contribution is 2.31. The zero-order chi connectivity index (χ0) is 23.1. The van der Waals surface area contributed by atoms with Crippen LogP contribution in [0.4, 0.5) is 43.9 Å². The SMILES string of the molecule is CCCCC(=O)CNc1nc(Nc2cccc(C(F)(F)F)c2)nc(OCC(F)(F)F)n1. The van der Waals surface area contributed by atoms with E-state index in [0.717, 1.165) is 24.6 Å². The molecular weight excluding hydrogens is 432 g/mol. The molecule has 170 valence electrons. The summed E-state index contributed by atoms with van der Waals surface area (Å²) in [6, 6.07) is 3.34. The van der Waals surface area contributed by atoms with E-state index in [1.54, 1.807) is 0 Å². The van der Waals surface area contributed by atoms with Crippen LogP contribution in [0.25, 0.3) is 0 Å². The third-order valence-corrected chi connectivity index (χ3v) is 3.68. The molecule has 1 heterocycles. The van der Waals surface area contributed by atoms with Crippen LogP contribution in [-0.4, -0.2) is 40.1 Å². The summed E-state index contributed by atoms with van der Waals surface area (Å²) >= 11 is 0. The van der Waals surface area contributed by atoms with Gasteiger partial charge in [-0.1, -0.05) is 19.4 Å². The molecule has 0 aliphatic heterocycles. The van der Waals surface area contributed by atoms with E-state index in [0.29, 0.717) is 12.8 Å². The highest BCUT2D eigenvalue weighted by Gasteiger charge is 2.31. The number of aromatic nitrogens is 3. The molecule has 0 radical (unpaired) electrons. The minimum atomic E-state index is -4.66. The van der Waals surface area contributed by atoms with Gasteiger partial charge in [0.05, 0.1) is 12.1 Å². The average molecular weight is 451 g/mol. The molecule has 0 saturated heterocycles. The Kier molecular flexibility index (Phi) is 8.00. The molecule has 2 rings (SSSR count). The van der Waals surface area contributed by atoms with Crippen LogP contribution in [0.15, 0.2) is 24.3 Å². The lowest BCUT2D eigenvalue weighted by Crippen LogP contribution is -2.21. The van der Waals surface area contributed by atoms with E-state index in [-0.39, 0.29) is 29.9 Å². The predicted molar refractivity (Wildman–Crippen MR) is 99.1 cm³/mol. The predicted octanol–water partition coefficient (Wildman–Crippen LogP) is 4.75. The van der Waals surface area contributed by atoms with Gasteiger partial charge in [0.2, 0.25) is 11.9 Å². The van der Waals surface area contributed by atoms with E-state index in [1.807, 2.05) is 6.92 Å². The largest absolute Gasteiger partial charge is 0.454 e. The molecule has 0 saturated carbocycles. The third-order valence-electron chi connectivity index (χ3n) is 3.68. The molecule has 0 aliphatic rings. The Bertz CT molecular complexity index is 888. The van der Waals surface area contributed by atoms with Crippen LogP contribution in [0.1, 0.15) is 31.7 Å². The van der Waals surface area contributed by atoms with Crippen LogP contribution in [0.5, 0.6) is 6.01 Å². The molecule has 0 aliphatic carbocycles. The van der Waals surface area contributed by atoms with E-state index in [2.05, 4.69) is 30.3 Å². The van der Waals surface area contributed by atoms with Crippen LogP contribution < -0.4 is 15.4 Å². The number of unbranched alkanes of at least 4 members (excludes halogenated alkanes) is 1. The van der Waals surface area contributed by atoms with Crippen molar-refractivity contribution in [1.82, 2.24) is 15.0 Å². The molecule has 0 amide bonds. The number of carbonyl (C=O) groups is 1. The molecule has 0 unspecified atom stereocenters. The Balaban J connectivity index is 2.23. The van der Waals surface area contributed by atoms with Crippen LogP contribution in [0.2, 0.25) is 0 Å². The zero-order valence-corrected chi connectivity index (χ0v) is 16.3. The molecule has 0 spiro atoms. The van der Waals surface area contributed by atoms with Crippen molar-refractivity contribution in [3.8, 4) is 6.01 Å². The van der Waals surface area contributed by atoms with Gasteiger partial charge in [-0.2, -0.15) is 41.3 Å². The number of Topliss-reactive ketones (excluding diaryl/α,β-unsaturated/α-hetero) is 1. The first-order valence-electron chi connectivity index (χ1n) is 9.12. The van der Waals surface area contributed by atoms with Crippen LogP contribution in [0, 0.1) is 0 Å². The number of hydrogen-bond acceptors (Lipinski definition) is 7. The van der Waals surface area contributed by atoms with Gasteiger partial charge < -0.3 is 15.4 Å². The number of nitrogens with zero attached hydrogens (tertiary/aromatic N) is 3. The molecule has 13 heteroatoms. The lowest BCUT2D eigenvalue weighted by Gasteiger charge is -2.13. The van der Waals surface area contributed by atoms with Crippen LogP contribution >= 0.6 is 0 Å². The number of alkyl halides is 6. The van der Waals surface area contributed by atoms with Crippen molar-refractivity contribution in [1.29, 1.82) is 0 Å². The molecule has 7 nitrogen and oxygen atoms in total. The molecule has 0 atom stereocenters. The summed E-state index contributed by atoms with van der Waals surface area (Å²) in [4.78, 5) is 23.0. The number of carbonyl (C=O) groups excluding carboxylic acids is 1. The van der Waals surface area contributed by atoms with Gasteiger partial charge in [0.15, 0.2) is 12.4 Å². The molecule has 1 aromatic carbocycles. The Morgan fingerprint density at radius 3 is 2.42 bits per heavy atom. The maximum atomic E-state index is 12.9. The zero-order valence-electron chi connectivity index (χ0n) is 16.3. The second-order valence-corrected chi connectivity index (χ2v) is 6.37. The highest BCUT2D eigenvalue weighted by atomic mass is 19.4. The summed E-state index contributed by atoms with van der Waals surface area (Å²) in [5, 5.41) is 5.03. The second kappa shape index (κ2) is 10.3. The summed E-state index contributed by atoms with van der Waals surface area (Å²) in [6.07, 6.45) is -7.49. The lowest BCUT2D eigenvalue weighted by atomic mass is 10.2. The third kappa shape index (κ3) is 8.64. The van der Waals surface area contributed by atoms with Gasteiger partial charge in [-0.05, 0) is 24.6 Å². The maximum Gasteiger partial charge on any atom is 0.422 e. The molecule has 2 aromatic rings.